The van der Waals surface area contributed by atoms with Gasteiger partial charge in [0, 0.05) is 30.2 Å². The molecule has 3 aromatic rings. The van der Waals surface area contributed by atoms with E-state index < -0.39 is 0 Å². The molecule has 0 radical (unpaired) electrons. The molecular weight excluding hydrogens is 306 g/mol. The van der Waals surface area contributed by atoms with Crippen LogP contribution in [0.3, 0.4) is 0 Å². The third-order valence-corrected chi connectivity index (χ3v) is 3.96. The summed E-state index contributed by atoms with van der Waals surface area (Å²) < 4.78 is 2.15. The van der Waals surface area contributed by atoms with Crippen LogP contribution < -0.4 is 0 Å². The fraction of sp³-hybridized carbons (Fsp3) is 0.227. The second-order valence-electron chi connectivity index (χ2n) is 5.94. The molecule has 0 atom stereocenters. The Balaban J connectivity index is 1.71. The average Bonchev–Trinajstić information content (AvgIpc) is 3.12. The Labute approximate surface area is 149 Å². The number of benzene rings is 1. The Bertz CT molecular complexity index is 826. The number of rotatable bonds is 6. The van der Waals surface area contributed by atoms with E-state index in [9.17, 15) is 0 Å². The lowest BCUT2D eigenvalue weighted by molar-refractivity contribution is 0.294. The minimum absolute atomic E-state index is 0.760. The molecule has 0 saturated heterocycles. The van der Waals surface area contributed by atoms with Crippen LogP contribution in [0.4, 0.5) is 0 Å². The van der Waals surface area contributed by atoms with Gasteiger partial charge in [0.25, 0.3) is 0 Å². The highest BCUT2D eigenvalue weighted by Gasteiger charge is 2.09. The number of pyridine rings is 1. The van der Waals surface area contributed by atoms with Gasteiger partial charge in [0.1, 0.15) is 5.82 Å². The average molecular weight is 329 g/mol. The van der Waals surface area contributed by atoms with Crippen molar-refractivity contribution >= 4 is 0 Å². The molecule has 2 aromatic heterocycles. The van der Waals surface area contributed by atoms with E-state index in [-0.39, 0.29) is 0 Å². The summed E-state index contributed by atoms with van der Waals surface area (Å²) >= 11 is 0. The van der Waals surface area contributed by atoms with Crippen LogP contribution in [0.5, 0.6) is 0 Å². The van der Waals surface area contributed by atoms with E-state index in [1.807, 2.05) is 54.7 Å². The second kappa shape index (κ2) is 8.86. The summed E-state index contributed by atoms with van der Waals surface area (Å²) in [5.74, 6) is 7.51. The summed E-state index contributed by atoms with van der Waals surface area (Å²) in [6.45, 7) is 4.85. The smallest absolute Gasteiger partial charge is 0.136 e. The van der Waals surface area contributed by atoms with Crippen molar-refractivity contribution in [3.8, 4) is 17.7 Å². The molecule has 3 heteroatoms. The SMILES string of the molecule is CCCN(CC#Cc1ccccc1)Cc1cccn1-c1ccccn1. The molecule has 0 aliphatic carbocycles. The molecule has 0 fully saturated rings. The van der Waals surface area contributed by atoms with E-state index in [1.165, 1.54) is 5.69 Å². The monoisotopic (exact) mass is 329 g/mol. The molecule has 3 nitrogen and oxygen atoms in total. The lowest BCUT2D eigenvalue weighted by atomic mass is 10.2. The summed E-state index contributed by atoms with van der Waals surface area (Å²) in [4.78, 5) is 6.83. The Morgan fingerprint density at radius 1 is 1.00 bits per heavy atom. The molecule has 0 N–H and O–H groups in total. The van der Waals surface area contributed by atoms with Gasteiger partial charge >= 0.3 is 0 Å². The molecule has 0 aliphatic rings. The number of hydrogen-bond donors (Lipinski definition) is 0. The van der Waals surface area contributed by atoms with Crippen molar-refractivity contribution in [1.82, 2.24) is 14.5 Å². The van der Waals surface area contributed by atoms with Crippen LogP contribution in [-0.4, -0.2) is 27.5 Å². The molecule has 2 heterocycles. The van der Waals surface area contributed by atoms with Gasteiger partial charge in [0.2, 0.25) is 0 Å². The van der Waals surface area contributed by atoms with Crippen molar-refractivity contribution in [1.29, 1.82) is 0 Å². The first-order valence-electron chi connectivity index (χ1n) is 8.70. The van der Waals surface area contributed by atoms with Crippen molar-refractivity contribution in [3.05, 3.63) is 84.3 Å². The molecule has 0 aliphatic heterocycles. The third kappa shape index (κ3) is 4.82. The Kier molecular flexibility index (Phi) is 6.03. The van der Waals surface area contributed by atoms with Gasteiger partial charge in [-0.2, -0.15) is 0 Å². The molecule has 1 aromatic carbocycles. The molecule has 126 valence electrons. The highest BCUT2D eigenvalue weighted by Crippen LogP contribution is 2.12. The zero-order chi connectivity index (χ0) is 17.3. The maximum atomic E-state index is 4.45. The summed E-state index contributed by atoms with van der Waals surface area (Å²) in [5, 5.41) is 0. The van der Waals surface area contributed by atoms with Gasteiger partial charge in [-0.05, 0) is 49.4 Å². The van der Waals surface area contributed by atoms with E-state index in [4.69, 9.17) is 0 Å². The van der Waals surface area contributed by atoms with Crippen LogP contribution in [0.25, 0.3) is 5.82 Å². The normalized spacial score (nSPS) is 10.5. The van der Waals surface area contributed by atoms with E-state index in [0.717, 1.165) is 37.4 Å². The maximum Gasteiger partial charge on any atom is 0.136 e. The standard InChI is InChI=1S/C22H23N3/c1-2-16-24(17-8-12-20-10-4-3-5-11-20)19-21-13-9-18-25(21)22-14-6-7-15-23-22/h3-7,9-11,13-15,18H,2,16-17,19H2,1H3. The Morgan fingerprint density at radius 2 is 1.84 bits per heavy atom. The first-order valence-corrected chi connectivity index (χ1v) is 8.70. The highest BCUT2D eigenvalue weighted by molar-refractivity contribution is 5.34. The first kappa shape index (κ1) is 17.0. The van der Waals surface area contributed by atoms with Crippen LogP contribution in [-0.2, 0) is 6.54 Å². The summed E-state index contributed by atoms with van der Waals surface area (Å²) in [6, 6.07) is 20.4. The quantitative estimate of drug-likeness (QED) is 0.634. The van der Waals surface area contributed by atoms with Gasteiger partial charge in [-0.15, -0.1) is 0 Å². The summed E-state index contributed by atoms with van der Waals surface area (Å²) in [7, 11) is 0. The minimum Gasteiger partial charge on any atom is -0.304 e. The van der Waals surface area contributed by atoms with Crippen molar-refractivity contribution < 1.29 is 0 Å². The predicted molar refractivity (Wildman–Crippen MR) is 102 cm³/mol. The van der Waals surface area contributed by atoms with Gasteiger partial charge in [-0.1, -0.05) is 43.0 Å². The molecule has 0 saturated carbocycles. The van der Waals surface area contributed by atoms with Crippen LogP contribution in [0.1, 0.15) is 24.6 Å². The summed E-state index contributed by atoms with van der Waals surface area (Å²) in [5.41, 5.74) is 2.30. The predicted octanol–water partition coefficient (Wildman–Crippen LogP) is 4.14. The maximum absolute atomic E-state index is 4.45. The van der Waals surface area contributed by atoms with Gasteiger partial charge in [0.15, 0.2) is 0 Å². The van der Waals surface area contributed by atoms with E-state index >= 15 is 0 Å². The van der Waals surface area contributed by atoms with Gasteiger partial charge < -0.3 is 4.57 Å². The molecule has 0 amide bonds. The molecule has 0 unspecified atom stereocenters. The van der Waals surface area contributed by atoms with Crippen LogP contribution in [0.2, 0.25) is 0 Å². The lowest BCUT2D eigenvalue weighted by Gasteiger charge is -2.20. The number of hydrogen-bond acceptors (Lipinski definition) is 2. The second-order valence-corrected chi connectivity index (χ2v) is 5.94. The highest BCUT2D eigenvalue weighted by atomic mass is 15.2. The Morgan fingerprint density at radius 3 is 2.60 bits per heavy atom. The molecule has 25 heavy (non-hydrogen) atoms. The van der Waals surface area contributed by atoms with Crippen LogP contribution in [0, 0.1) is 11.8 Å². The third-order valence-electron chi connectivity index (χ3n) is 3.96. The molecule has 0 bridgehead atoms. The molecular formula is C22H23N3. The van der Waals surface area contributed by atoms with E-state index in [1.54, 1.807) is 0 Å². The van der Waals surface area contributed by atoms with Gasteiger partial charge in [0.05, 0.1) is 6.54 Å². The molecule has 0 spiro atoms. The van der Waals surface area contributed by atoms with Crippen molar-refractivity contribution in [3.63, 3.8) is 0 Å². The topological polar surface area (TPSA) is 21.1 Å². The van der Waals surface area contributed by atoms with Crippen LogP contribution >= 0.6 is 0 Å². The van der Waals surface area contributed by atoms with Gasteiger partial charge in [-0.25, -0.2) is 4.98 Å². The fourth-order valence-corrected chi connectivity index (χ4v) is 2.80. The fourth-order valence-electron chi connectivity index (χ4n) is 2.80. The van der Waals surface area contributed by atoms with Gasteiger partial charge in [-0.3, -0.25) is 4.90 Å². The first-order chi connectivity index (χ1) is 12.4. The number of aromatic nitrogens is 2. The largest absolute Gasteiger partial charge is 0.304 e. The minimum atomic E-state index is 0.760. The van der Waals surface area contributed by atoms with Crippen molar-refractivity contribution in [2.45, 2.75) is 19.9 Å². The zero-order valence-electron chi connectivity index (χ0n) is 14.6. The number of nitrogens with zero attached hydrogens (tertiary/aromatic N) is 3. The van der Waals surface area contributed by atoms with Crippen molar-refractivity contribution in [2.75, 3.05) is 13.1 Å². The lowest BCUT2D eigenvalue weighted by Crippen LogP contribution is -2.25. The van der Waals surface area contributed by atoms with Crippen molar-refractivity contribution in [2.24, 2.45) is 0 Å². The van der Waals surface area contributed by atoms with E-state index in [0.29, 0.717) is 0 Å². The Hall–Kier alpha value is -2.83. The summed E-state index contributed by atoms with van der Waals surface area (Å²) in [6.07, 6.45) is 5.00. The van der Waals surface area contributed by atoms with Crippen LogP contribution in [0.15, 0.2) is 73.1 Å². The zero-order valence-corrected chi connectivity index (χ0v) is 14.6. The van der Waals surface area contributed by atoms with E-state index in [2.05, 4.69) is 51.5 Å². The molecule has 3 rings (SSSR count).